The molecule has 8 rings (SSSR count). The topological polar surface area (TPSA) is 0 Å². The first-order valence-electron chi connectivity index (χ1n) is 14.5. The fraction of sp³-hybridized carbons (Fsp3) is 0. The third-order valence-corrected chi connectivity index (χ3v) is 8.47. The summed E-state index contributed by atoms with van der Waals surface area (Å²) < 4.78 is 0. The molecule has 8 aromatic carbocycles. The van der Waals surface area contributed by atoms with Crippen LogP contribution >= 0.6 is 0 Å². The van der Waals surface area contributed by atoms with Crippen molar-refractivity contribution < 1.29 is 0 Å². The fourth-order valence-electron chi connectivity index (χ4n) is 6.61. The van der Waals surface area contributed by atoms with Crippen molar-refractivity contribution in [2.75, 3.05) is 0 Å². The molecule has 0 aliphatic heterocycles. The van der Waals surface area contributed by atoms with Crippen LogP contribution in [0.15, 0.2) is 170 Å². The van der Waals surface area contributed by atoms with Crippen LogP contribution in [0.25, 0.3) is 76.8 Å². The molecule has 0 saturated carbocycles. The first-order valence-corrected chi connectivity index (χ1v) is 14.5. The van der Waals surface area contributed by atoms with Crippen molar-refractivity contribution in [3.05, 3.63) is 170 Å². The summed E-state index contributed by atoms with van der Waals surface area (Å²) in [4.78, 5) is 0. The van der Waals surface area contributed by atoms with E-state index in [-0.39, 0.29) is 0 Å². The van der Waals surface area contributed by atoms with Gasteiger partial charge in [0.25, 0.3) is 0 Å². The van der Waals surface area contributed by atoms with E-state index in [0.717, 1.165) is 0 Å². The van der Waals surface area contributed by atoms with Gasteiger partial charge in [-0.1, -0.05) is 170 Å². The molecule has 8 aromatic rings. The summed E-state index contributed by atoms with van der Waals surface area (Å²) in [5.41, 5.74) is 10.0. The lowest BCUT2D eigenvalue weighted by Crippen LogP contribution is -1.91. The van der Waals surface area contributed by atoms with Crippen molar-refractivity contribution in [2.24, 2.45) is 0 Å². The predicted molar refractivity (Wildman–Crippen MR) is 181 cm³/mol. The largest absolute Gasteiger partial charge is 0.0622 e. The Morgan fingerprint density at radius 3 is 1.07 bits per heavy atom. The Hall–Kier alpha value is -5.46. The molecular formula is C42H28. The molecule has 0 aliphatic carbocycles. The Bertz CT molecular complexity index is 2140. The molecule has 0 saturated heterocycles. The second kappa shape index (κ2) is 10.2. The van der Waals surface area contributed by atoms with E-state index in [1.807, 2.05) is 0 Å². The SMILES string of the molecule is c1ccc(-c2c3ccccc3c(-c3ccc(-c4cccc5cccc(-c6ccccc6)c45)cc3)c3ccccc23)cc1. The van der Waals surface area contributed by atoms with Crippen molar-refractivity contribution in [1.82, 2.24) is 0 Å². The maximum atomic E-state index is 2.30. The molecule has 0 fully saturated rings. The highest BCUT2D eigenvalue weighted by molar-refractivity contribution is 6.21. The summed E-state index contributed by atoms with van der Waals surface area (Å²) in [6, 6.07) is 61.6. The average Bonchev–Trinajstić information content (AvgIpc) is 3.07. The van der Waals surface area contributed by atoms with Crippen LogP contribution in [-0.2, 0) is 0 Å². The van der Waals surface area contributed by atoms with Crippen LogP contribution in [0, 0.1) is 0 Å². The van der Waals surface area contributed by atoms with Gasteiger partial charge >= 0.3 is 0 Å². The predicted octanol–water partition coefficient (Wildman–Crippen LogP) is 11.8. The molecule has 0 aliphatic rings. The smallest absolute Gasteiger partial charge is 0.00264 e. The van der Waals surface area contributed by atoms with Gasteiger partial charge in [-0.2, -0.15) is 0 Å². The minimum Gasteiger partial charge on any atom is -0.0622 e. The molecule has 0 heteroatoms. The summed E-state index contributed by atoms with van der Waals surface area (Å²) in [5, 5.41) is 7.67. The third-order valence-electron chi connectivity index (χ3n) is 8.47. The lowest BCUT2D eigenvalue weighted by molar-refractivity contribution is 1.62. The first kappa shape index (κ1) is 24.3. The molecule has 0 atom stereocenters. The van der Waals surface area contributed by atoms with Crippen LogP contribution < -0.4 is 0 Å². The van der Waals surface area contributed by atoms with E-state index in [1.54, 1.807) is 0 Å². The normalized spacial score (nSPS) is 11.3. The van der Waals surface area contributed by atoms with Crippen LogP contribution in [-0.4, -0.2) is 0 Å². The number of hydrogen-bond donors (Lipinski definition) is 0. The van der Waals surface area contributed by atoms with Gasteiger partial charge in [0.1, 0.15) is 0 Å². The molecule has 42 heavy (non-hydrogen) atoms. The van der Waals surface area contributed by atoms with Crippen LogP contribution in [0.2, 0.25) is 0 Å². The second-order valence-electron chi connectivity index (χ2n) is 10.9. The minimum absolute atomic E-state index is 1.22. The lowest BCUT2D eigenvalue weighted by Gasteiger charge is -2.18. The zero-order valence-corrected chi connectivity index (χ0v) is 23.2. The van der Waals surface area contributed by atoms with Crippen molar-refractivity contribution in [2.45, 2.75) is 0 Å². The zero-order valence-electron chi connectivity index (χ0n) is 23.2. The molecule has 0 aromatic heterocycles. The molecule has 0 unspecified atom stereocenters. The van der Waals surface area contributed by atoms with E-state index in [9.17, 15) is 0 Å². The van der Waals surface area contributed by atoms with E-state index in [4.69, 9.17) is 0 Å². The number of fused-ring (bicyclic) bond motifs is 3. The molecule has 0 nitrogen and oxygen atoms in total. The second-order valence-corrected chi connectivity index (χ2v) is 10.9. The van der Waals surface area contributed by atoms with Crippen molar-refractivity contribution >= 4 is 32.3 Å². The average molecular weight is 533 g/mol. The van der Waals surface area contributed by atoms with E-state index in [1.165, 1.54) is 76.8 Å². The maximum absolute atomic E-state index is 2.30. The van der Waals surface area contributed by atoms with Crippen LogP contribution in [0.3, 0.4) is 0 Å². The van der Waals surface area contributed by atoms with E-state index in [0.29, 0.717) is 0 Å². The van der Waals surface area contributed by atoms with Gasteiger partial charge in [-0.3, -0.25) is 0 Å². The molecule has 0 amide bonds. The minimum atomic E-state index is 1.22. The molecule has 196 valence electrons. The standard InChI is InChI=1S/C42H28/c1-3-13-29(14-4-1)34-23-11-17-32-18-12-24-35(40(32)34)30-25-27-33(28-26-30)42-38-21-9-7-19-36(38)41(31-15-5-2-6-16-31)37-20-8-10-22-39(37)42/h1-28H. The fourth-order valence-corrected chi connectivity index (χ4v) is 6.61. The monoisotopic (exact) mass is 532 g/mol. The van der Waals surface area contributed by atoms with Gasteiger partial charge < -0.3 is 0 Å². The summed E-state index contributed by atoms with van der Waals surface area (Å²) >= 11 is 0. The Morgan fingerprint density at radius 1 is 0.238 bits per heavy atom. The van der Waals surface area contributed by atoms with Crippen molar-refractivity contribution in [3.63, 3.8) is 0 Å². The van der Waals surface area contributed by atoms with Crippen LogP contribution in [0.5, 0.6) is 0 Å². The Labute approximate surface area is 246 Å². The third kappa shape index (κ3) is 4.00. The number of benzene rings is 8. The van der Waals surface area contributed by atoms with Crippen LogP contribution in [0.1, 0.15) is 0 Å². The summed E-state index contributed by atoms with van der Waals surface area (Å²) in [6.07, 6.45) is 0. The van der Waals surface area contributed by atoms with Gasteiger partial charge in [0.2, 0.25) is 0 Å². The quantitative estimate of drug-likeness (QED) is 0.198. The van der Waals surface area contributed by atoms with Gasteiger partial charge in [-0.05, 0) is 76.8 Å². The summed E-state index contributed by atoms with van der Waals surface area (Å²) in [7, 11) is 0. The van der Waals surface area contributed by atoms with Crippen molar-refractivity contribution in [3.8, 4) is 44.5 Å². The molecule has 0 spiro atoms. The molecule has 0 N–H and O–H groups in total. The molecule has 0 bridgehead atoms. The van der Waals surface area contributed by atoms with Gasteiger partial charge in [0.15, 0.2) is 0 Å². The van der Waals surface area contributed by atoms with E-state index >= 15 is 0 Å². The molecule has 0 radical (unpaired) electrons. The van der Waals surface area contributed by atoms with Crippen molar-refractivity contribution in [1.29, 1.82) is 0 Å². The van der Waals surface area contributed by atoms with Gasteiger partial charge in [-0.25, -0.2) is 0 Å². The highest BCUT2D eigenvalue weighted by Gasteiger charge is 2.17. The Kier molecular flexibility index (Phi) is 5.90. The molecular weight excluding hydrogens is 504 g/mol. The Balaban J connectivity index is 1.34. The van der Waals surface area contributed by atoms with E-state index in [2.05, 4.69) is 170 Å². The molecule has 0 heterocycles. The maximum Gasteiger partial charge on any atom is -0.00264 e. The summed E-state index contributed by atoms with van der Waals surface area (Å²) in [6.45, 7) is 0. The lowest BCUT2D eigenvalue weighted by atomic mass is 9.85. The van der Waals surface area contributed by atoms with Gasteiger partial charge in [-0.15, -0.1) is 0 Å². The Morgan fingerprint density at radius 2 is 0.595 bits per heavy atom. The highest BCUT2D eigenvalue weighted by Crippen LogP contribution is 2.44. The summed E-state index contributed by atoms with van der Waals surface area (Å²) in [5.74, 6) is 0. The number of hydrogen-bond acceptors (Lipinski definition) is 0. The zero-order chi connectivity index (χ0) is 27.9. The van der Waals surface area contributed by atoms with Crippen LogP contribution in [0.4, 0.5) is 0 Å². The number of rotatable bonds is 4. The first-order chi connectivity index (χ1) is 20.9. The van der Waals surface area contributed by atoms with E-state index < -0.39 is 0 Å². The van der Waals surface area contributed by atoms with Gasteiger partial charge in [0.05, 0.1) is 0 Å². The van der Waals surface area contributed by atoms with Gasteiger partial charge in [0, 0.05) is 0 Å². The highest BCUT2D eigenvalue weighted by atomic mass is 14.2.